The Bertz CT molecular complexity index is 240. The van der Waals surface area contributed by atoms with Gasteiger partial charge in [0, 0.05) is 13.0 Å². The van der Waals surface area contributed by atoms with Crippen LogP contribution >= 0.6 is 0 Å². The van der Waals surface area contributed by atoms with Crippen molar-refractivity contribution in [2.45, 2.75) is 51.5 Å². The lowest BCUT2D eigenvalue weighted by atomic mass is 10.1. The molecule has 1 aliphatic heterocycles. The van der Waals surface area contributed by atoms with Crippen LogP contribution in [0.25, 0.3) is 0 Å². The summed E-state index contributed by atoms with van der Waals surface area (Å²) in [6, 6.07) is -0.611. The molecule has 4 heteroatoms. The molecular weight excluding hydrogens is 194 g/mol. The maximum atomic E-state index is 11.7. The molecule has 1 saturated heterocycles. The summed E-state index contributed by atoms with van der Waals surface area (Å²) < 4.78 is 0. The summed E-state index contributed by atoms with van der Waals surface area (Å²) in [5, 5.41) is 9.07. The van der Waals surface area contributed by atoms with Crippen LogP contribution in [-0.4, -0.2) is 34.5 Å². The first-order valence-electron chi connectivity index (χ1n) is 5.69. The maximum absolute atomic E-state index is 11.7. The zero-order chi connectivity index (χ0) is 11.3. The molecule has 4 nitrogen and oxygen atoms in total. The highest BCUT2D eigenvalue weighted by Crippen LogP contribution is 2.16. The second-order valence-corrected chi connectivity index (χ2v) is 4.04. The number of amides is 1. The number of aliphatic carboxylic acids is 1. The second kappa shape index (κ2) is 5.73. The molecule has 1 N–H and O–H groups in total. The zero-order valence-electron chi connectivity index (χ0n) is 9.24. The molecule has 0 saturated carbocycles. The van der Waals surface area contributed by atoms with E-state index in [0.717, 1.165) is 25.7 Å². The molecule has 0 aromatic rings. The molecule has 1 unspecified atom stereocenters. The van der Waals surface area contributed by atoms with Crippen LogP contribution in [0.4, 0.5) is 0 Å². The van der Waals surface area contributed by atoms with Crippen LogP contribution in [0.15, 0.2) is 0 Å². The predicted octanol–water partition coefficient (Wildman–Crippen LogP) is 1.64. The Kier molecular flexibility index (Phi) is 4.59. The Morgan fingerprint density at radius 3 is 2.80 bits per heavy atom. The molecule has 15 heavy (non-hydrogen) atoms. The molecule has 0 aromatic heterocycles. The van der Waals surface area contributed by atoms with Crippen molar-refractivity contribution >= 4 is 11.9 Å². The first kappa shape index (κ1) is 12.0. The Hall–Kier alpha value is -1.06. The molecule has 1 heterocycles. The van der Waals surface area contributed by atoms with Gasteiger partial charge in [0.25, 0.3) is 0 Å². The topological polar surface area (TPSA) is 57.6 Å². The molecule has 0 radical (unpaired) electrons. The normalized spacial score (nSPS) is 19.8. The van der Waals surface area contributed by atoms with Crippen LogP contribution in [0.3, 0.4) is 0 Å². The highest BCUT2D eigenvalue weighted by molar-refractivity contribution is 5.83. The lowest BCUT2D eigenvalue weighted by molar-refractivity contribution is -0.150. The van der Waals surface area contributed by atoms with E-state index in [4.69, 9.17) is 5.11 Å². The van der Waals surface area contributed by atoms with Crippen LogP contribution < -0.4 is 0 Å². The summed E-state index contributed by atoms with van der Waals surface area (Å²) in [7, 11) is 0. The molecular formula is C11H19NO3. The van der Waals surface area contributed by atoms with E-state index in [-0.39, 0.29) is 5.91 Å². The van der Waals surface area contributed by atoms with Crippen LogP contribution in [0, 0.1) is 0 Å². The van der Waals surface area contributed by atoms with Crippen molar-refractivity contribution in [3.05, 3.63) is 0 Å². The van der Waals surface area contributed by atoms with Gasteiger partial charge in [0.2, 0.25) is 5.91 Å². The maximum Gasteiger partial charge on any atom is 0.326 e. The van der Waals surface area contributed by atoms with E-state index in [9.17, 15) is 9.59 Å². The third kappa shape index (κ3) is 3.22. The summed E-state index contributed by atoms with van der Waals surface area (Å²) in [5.74, 6) is -0.861. The molecule has 0 aliphatic carbocycles. The van der Waals surface area contributed by atoms with Crippen molar-refractivity contribution in [2.75, 3.05) is 6.54 Å². The third-order valence-corrected chi connectivity index (χ3v) is 2.83. The average molecular weight is 213 g/mol. The number of carboxylic acids is 1. The molecule has 0 bridgehead atoms. The van der Waals surface area contributed by atoms with Gasteiger partial charge in [-0.25, -0.2) is 4.79 Å². The number of nitrogens with zero attached hydrogens (tertiary/aromatic N) is 1. The Morgan fingerprint density at radius 2 is 2.20 bits per heavy atom. The molecule has 1 amide bonds. The van der Waals surface area contributed by atoms with Crippen molar-refractivity contribution in [1.29, 1.82) is 0 Å². The third-order valence-electron chi connectivity index (χ3n) is 2.83. The first-order valence-corrected chi connectivity index (χ1v) is 5.69. The van der Waals surface area contributed by atoms with Crippen molar-refractivity contribution in [1.82, 2.24) is 4.90 Å². The summed E-state index contributed by atoms with van der Waals surface area (Å²) in [6.45, 7) is 2.55. The summed E-state index contributed by atoms with van der Waals surface area (Å²) in [6.07, 6.45) is 4.71. The minimum atomic E-state index is -0.868. The van der Waals surface area contributed by atoms with Gasteiger partial charge in [-0.3, -0.25) is 4.79 Å². The van der Waals surface area contributed by atoms with Gasteiger partial charge in [-0.15, -0.1) is 0 Å². The minimum Gasteiger partial charge on any atom is -0.480 e. The Labute approximate surface area is 90.3 Å². The standard InChI is InChI=1S/C11H19NO3/c1-2-6-9(11(14)15)12-8-5-3-4-7-10(12)13/h9H,2-8H2,1H3,(H,14,15). The van der Waals surface area contributed by atoms with E-state index in [1.165, 1.54) is 0 Å². The van der Waals surface area contributed by atoms with E-state index < -0.39 is 12.0 Å². The van der Waals surface area contributed by atoms with Gasteiger partial charge >= 0.3 is 5.97 Å². The van der Waals surface area contributed by atoms with E-state index in [2.05, 4.69) is 0 Å². The second-order valence-electron chi connectivity index (χ2n) is 4.04. The number of hydrogen-bond donors (Lipinski definition) is 1. The smallest absolute Gasteiger partial charge is 0.326 e. The van der Waals surface area contributed by atoms with Gasteiger partial charge in [0.15, 0.2) is 0 Å². The molecule has 0 spiro atoms. The van der Waals surface area contributed by atoms with E-state index in [1.54, 1.807) is 4.90 Å². The van der Waals surface area contributed by atoms with Crippen molar-refractivity contribution in [2.24, 2.45) is 0 Å². The van der Waals surface area contributed by atoms with Gasteiger partial charge in [0.05, 0.1) is 0 Å². The monoisotopic (exact) mass is 213 g/mol. The van der Waals surface area contributed by atoms with Gasteiger partial charge in [-0.1, -0.05) is 19.8 Å². The quantitative estimate of drug-likeness (QED) is 0.772. The van der Waals surface area contributed by atoms with Crippen molar-refractivity contribution in [3.63, 3.8) is 0 Å². The van der Waals surface area contributed by atoms with Crippen molar-refractivity contribution in [3.8, 4) is 0 Å². The fraction of sp³-hybridized carbons (Fsp3) is 0.818. The Balaban J connectivity index is 2.70. The highest BCUT2D eigenvalue weighted by atomic mass is 16.4. The van der Waals surface area contributed by atoms with E-state index >= 15 is 0 Å². The number of carboxylic acid groups (broad SMARTS) is 1. The number of hydrogen-bond acceptors (Lipinski definition) is 2. The number of carbonyl (C=O) groups is 2. The molecule has 86 valence electrons. The van der Waals surface area contributed by atoms with Crippen molar-refractivity contribution < 1.29 is 14.7 Å². The molecule has 0 aromatic carbocycles. The summed E-state index contributed by atoms with van der Waals surface area (Å²) in [4.78, 5) is 24.3. The van der Waals surface area contributed by atoms with Crippen LogP contribution in [-0.2, 0) is 9.59 Å². The fourth-order valence-electron chi connectivity index (χ4n) is 2.02. The van der Waals surface area contributed by atoms with Gasteiger partial charge in [-0.05, 0) is 19.3 Å². The Morgan fingerprint density at radius 1 is 1.47 bits per heavy atom. The van der Waals surface area contributed by atoms with Gasteiger partial charge in [-0.2, -0.15) is 0 Å². The molecule has 1 aliphatic rings. The zero-order valence-corrected chi connectivity index (χ0v) is 9.24. The lowest BCUT2D eigenvalue weighted by Crippen LogP contribution is -2.44. The van der Waals surface area contributed by atoms with E-state index in [0.29, 0.717) is 19.4 Å². The largest absolute Gasteiger partial charge is 0.480 e. The molecule has 1 fully saturated rings. The number of rotatable bonds is 4. The predicted molar refractivity (Wildman–Crippen MR) is 56.5 cm³/mol. The lowest BCUT2D eigenvalue weighted by Gasteiger charge is -2.27. The SMILES string of the molecule is CCCC(C(=O)O)N1CCCCCC1=O. The van der Waals surface area contributed by atoms with Gasteiger partial charge < -0.3 is 10.0 Å². The summed E-state index contributed by atoms with van der Waals surface area (Å²) in [5.41, 5.74) is 0. The van der Waals surface area contributed by atoms with Crippen LogP contribution in [0.2, 0.25) is 0 Å². The number of likely N-dealkylation sites (tertiary alicyclic amines) is 1. The molecule has 1 rings (SSSR count). The van der Waals surface area contributed by atoms with Crippen LogP contribution in [0.5, 0.6) is 0 Å². The number of carbonyl (C=O) groups excluding carboxylic acids is 1. The van der Waals surface area contributed by atoms with E-state index in [1.807, 2.05) is 6.92 Å². The minimum absolute atomic E-state index is 0.00773. The molecule has 1 atom stereocenters. The average Bonchev–Trinajstić information content (AvgIpc) is 2.39. The van der Waals surface area contributed by atoms with Crippen LogP contribution in [0.1, 0.15) is 45.4 Å². The fourth-order valence-corrected chi connectivity index (χ4v) is 2.02. The van der Waals surface area contributed by atoms with Gasteiger partial charge in [0.1, 0.15) is 6.04 Å². The highest BCUT2D eigenvalue weighted by Gasteiger charge is 2.29. The summed E-state index contributed by atoms with van der Waals surface area (Å²) >= 11 is 0. The first-order chi connectivity index (χ1) is 7.16.